The van der Waals surface area contributed by atoms with Crippen molar-refractivity contribution in [3.63, 3.8) is 0 Å². The first-order valence-corrected chi connectivity index (χ1v) is 8.89. The highest BCUT2D eigenvalue weighted by atomic mass is 15.4. The molecule has 1 fully saturated rings. The van der Waals surface area contributed by atoms with Crippen LogP contribution in [0, 0.1) is 5.41 Å². The minimum Gasteiger partial charge on any atom is -0.350 e. The molecule has 1 N–H and O–H groups in total. The van der Waals surface area contributed by atoms with Gasteiger partial charge in [-0.25, -0.2) is 14.2 Å². The van der Waals surface area contributed by atoms with Crippen molar-refractivity contribution in [3.05, 3.63) is 36.7 Å². The van der Waals surface area contributed by atoms with Gasteiger partial charge in [0, 0.05) is 24.8 Å². The highest BCUT2D eigenvalue weighted by Crippen LogP contribution is 2.41. The highest BCUT2D eigenvalue weighted by Gasteiger charge is 2.36. The molecule has 1 saturated carbocycles. The zero-order valence-electron chi connectivity index (χ0n) is 15.1. The Kier molecular flexibility index (Phi) is 3.10. The van der Waals surface area contributed by atoms with E-state index in [4.69, 9.17) is 0 Å². The Bertz CT molecular complexity index is 1110. The van der Waals surface area contributed by atoms with Crippen LogP contribution in [0.2, 0.25) is 0 Å². The van der Waals surface area contributed by atoms with Gasteiger partial charge in [0.25, 0.3) is 0 Å². The van der Waals surface area contributed by atoms with E-state index in [1.165, 1.54) is 0 Å². The Morgan fingerprint density at radius 3 is 2.81 bits per heavy atom. The number of hydrogen-bond donors (Lipinski definition) is 1. The van der Waals surface area contributed by atoms with Gasteiger partial charge >= 0.3 is 0 Å². The van der Waals surface area contributed by atoms with E-state index in [1.54, 1.807) is 4.68 Å². The van der Waals surface area contributed by atoms with Gasteiger partial charge in [0.15, 0.2) is 0 Å². The Labute approximate surface area is 151 Å². The van der Waals surface area contributed by atoms with Crippen molar-refractivity contribution < 1.29 is 0 Å². The molecule has 1 aliphatic rings. The standard InChI is InChI=1S/C19H21N7/c1-19(2)9-13(10-19)21-18-20-11-17-14(6-7-26(17)23-18)12-4-5-15-16(8-12)25(3)24-22-15/h4-8,11,13H,9-10H2,1-3H3,(H,21,23). The molecule has 0 amide bonds. The van der Waals surface area contributed by atoms with Crippen molar-refractivity contribution in [2.75, 3.05) is 5.32 Å². The monoisotopic (exact) mass is 347 g/mol. The molecule has 0 spiro atoms. The van der Waals surface area contributed by atoms with E-state index in [2.05, 4.69) is 57.8 Å². The van der Waals surface area contributed by atoms with Crippen LogP contribution in [0.25, 0.3) is 27.7 Å². The highest BCUT2D eigenvalue weighted by molar-refractivity contribution is 5.87. The molecular formula is C19H21N7. The molecule has 0 bridgehead atoms. The van der Waals surface area contributed by atoms with Crippen molar-refractivity contribution in [1.29, 1.82) is 0 Å². The Balaban J connectivity index is 1.48. The second-order valence-corrected chi connectivity index (χ2v) is 7.97. The topological polar surface area (TPSA) is 72.9 Å². The molecule has 0 saturated heterocycles. The SMILES string of the molecule is Cn1nnc2ccc(-c3ccn4nc(NC5CC(C)(C)C5)ncc34)cc21. The maximum absolute atomic E-state index is 4.63. The molecular weight excluding hydrogens is 326 g/mol. The minimum atomic E-state index is 0.432. The smallest absolute Gasteiger partial charge is 0.241 e. The number of aryl methyl sites for hydroxylation is 1. The summed E-state index contributed by atoms with van der Waals surface area (Å²) in [5, 5.41) is 16.3. The summed E-state index contributed by atoms with van der Waals surface area (Å²) >= 11 is 0. The molecule has 0 aliphatic heterocycles. The van der Waals surface area contributed by atoms with Gasteiger partial charge in [-0.1, -0.05) is 25.1 Å². The number of nitrogens with zero attached hydrogens (tertiary/aromatic N) is 6. The second-order valence-electron chi connectivity index (χ2n) is 7.97. The van der Waals surface area contributed by atoms with E-state index in [9.17, 15) is 0 Å². The van der Waals surface area contributed by atoms with Crippen LogP contribution in [0.3, 0.4) is 0 Å². The molecule has 5 rings (SSSR count). The number of hydrogen-bond acceptors (Lipinski definition) is 5. The molecule has 3 aromatic heterocycles. The number of rotatable bonds is 3. The molecule has 0 radical (unpaired) electrons. The van der Waals surface area contributed by atoms with Gasteiger partial charge in [-0.2, -0.15) is 0 Å². The predicted octanol–water partition coefficient (Wildman–Crippen LogP) is 3.28. The van der Waals surface area contributed by atoms with Crippen LogP contribution in [0.5, 0.6) is 0 Å². The van der Waals surface area contributed by atoms with E-state index in [-0.39, 0.29) is 0 Å². The zero-order chi connectivity index (χ0) is 17.9. The summed E-state index contributed by atoms with van der Waals surface area (Å²) in [5.74, 6) is 0.687. The van der Waals surface area contributed by atoms with Crippen LogP contribution in [0.4, 0.5) is 5.95 Å². The van der Waals surface area contributed by atoms with Crippen molar-refractivity contribution in [3.8, 4) is 11.1 Å². The van der Waals surface area contributed by atoms with Gasteiger partial charge < -0.3 is 5.32 Å². The van der Waals surface area contributed by atoms with Crippen molar-refractivity contribution in [1.82, 2.24) is 29.6 Å². The molecule has 1 aromatic carbocycles. The lowest BCUT2D eigenvalue weighted by molar-refractivity contribution is 0.167. The molecule has 3 heterocycles. The number of anilines is 1. The Hall–Kier alpha value is -2.96. The van der Waals surface area contributed by atoms with Crippen LogP contribution in [-0.4, -0.2) is 35.6 Å². The maximum Gasteiger partial charge on any atom is 0.241 e. The third-order valence-corrected chi connectivity index (χ3v) is 5.27. The summed E-state index contributed by atoms with van der Waals surface area (Å²) in [6.45, 7) is 4.59. The van der Waals surface area contributed by atoms with Gasteiger partial charge in [-0.05, 0) is 42.0 Å². The lowest BCUT2D eigenvalue weighted by Crippen LogP contribution is -2.41. The fourth-order valence-corrected chi connectivity index (χ4v) is 3.97. The van der Waals surface area contributed by atoms with E-state index >= 15 is 0 Å². The summed E-state index contributed by atoms with van der Waals surface area (Å²) < 4.78 is 3.68. The molecule has 7 heteroatoms. The lowest BCUT2D eigenvalue weighted by Gasteiger charge is -2.42. The van der Waals surface area contributed by atoms with Crippen LogP contribution < -0.4 is 5.32 Å². The van der Waals surface area contributed by atoms with Crippen LogP contribution in [0.1, 0.15) is 26.7 Å². The van der Waals surface area contributed by atoms with E-state index in [0.29, 0.717) is 17.4 Å². The number of aromatic nitrogens is 6. The van der Waals surface area contributed by atoms with Crippen LogP contribution >= 0.6 is 0 Å². The van der Waals surface area contributed by atoms with Gasteiger partial charge in [0.2, 0.25) is 5.95 Å². The molecule has 132 valence electrons. The summed E-state index contributed by atoms with van der Waals surface area (Å²) in [6, 6.07) is 8.71. The average molecular weight is 347 g/mol. The molecule has 0 atom stereocenters. The first-order valence-electron chi connectivity index (χ1n) is 8.89. The second kappa shape index (κ2) is 5.27. The van der Waals surface area contributed by atoms with Crippen molar-refractivity contribution in [2.45, 2.75) is 32.7 Å². The van der Waals surface area contributed by atoms with Gasteiger partial charge in [-0.15, -0.1) is 10.2 Å². The van der Waals surface area contributed by atoms with Crippen molar-refractivity contribution in [2.24, 2.45) is 12.5 Å². The molecule has 0 unspecified atom stereocenters. The maximum atomic E-state index is 4.63. The predicted molar refractivity (Wildman–Crippen MR) is 101 cm³/mol. The first kappa shape index (κ1) is 15.3. The van der Waals surface area contributed by atoms with E-state index < -0.39 is 0 Å². The number of benzene rings is 1. The summed E-state index contributed by atoms with van der Waals surface area (Å²) in [5.41, 5.74) is 5.53. The zero-order valence-corrected chi connectivity index (χ0v) is 15.1. The van der Waals surface area contributed by atoms with E-state index in [1.807, 2.05) is 30.0 Å². The number of nitrogens with one attached hydrogen (secondary N) is 1. The summed E-state index contributed by atoms with van der Waals surface area (Å²) in [7, 11) is 1.90. The van der Waals surface area contributed by atoms with Crippen molar-refractivity contribution >= 4 is 22.5 Å². The normalized spacial score (nSPS) is 16.9. The quantitative estimate of drug-likeness (QED) is 0.616. The largest absolute Gasteiger partial charge is 0.350 e. The third kappa shape index (κ3) is 2.42. The molecule has 26 heavy (non-hydrogen) atoms. The molecule has 4 aromatic rings. The van der Waals surface area contributed by atoms with E-state index in [0.717, 1.165) is 40.5 Å². The fraction of sp³-hybridized carbons (Fsp3) is 0.368. The third-order valence-electron chi connectivity index (χ3n) is 5.27. The lowest BCUT2D eigenvalue weighted by atomic mass is 9.68. The molecule has 7 nitrogen and oxygen atoms in total. The van der Waals surface area contributed by atoms with Gasteiger partial charge in [-0.3, -0.25) is 0 Å². The van der Waals surface area contributed by atoms with Gasteiger partial charge in [0.05, 0.1) is 17.2 Å². The number of fused-ring (bicyclic) bond motifs is 2. The minimum absolute atomic E-state index is 0.432. The first-order chi connectivity index (χ1) is 12.5. The van der Waals surface area contributed by atoms with Crippen LogP contribution in [-0.2, 0) is 7.05 Å². The van der Waals surface area contributed by atoms with Gasteiger partial charge in [0.1, 0.15) is 5.52 Å². The Morgan fingerprint density at radius 2 is 2.00 bits per heavy atom. The average Bonchev–Trinajstić information content (AvgIpc) is 3.16. The summed E-state index contributed by atoms with van der Waals surface area (Å²) in [4.78, 5) is 4.53. The summed E-state index contributed by atoms with van der Waals surface area (Å²) in [6.07, 6.45) is 6.18. The van der Waals surface area contributed by atoms with Crippen LogP contribution in [0.15, 0.2) is 36.7 Å². The Morgan fingerprint density at radius 1 is 1.15 bits per heavy atom. The fourth-order valence-electron chi connectivity index (χ4n) is 3.97. The molecule has 1 aliphatic carbocycles.